The Morgan fingerprint density at radius 1 is 1.00 bits per heavy atom. The van der Waals surface area contributed by atoms with Gasteiger partial charge in [-0.1, -0.05) is 31.5 Å². The number of carbonyl (C=O) groups excluding carboxylic acids is 1. The Balaban J connectivity index is 1.30. The van der Waals surface area contributed by atoms with Gasteiger partial charge in [0.05, 0.1) is 33.6 Å². The number of hydrogen-bond acceptors (Lipinski definition) is 6. The van der Waals surface area contributed by atoms with Gasteiger partial charge < -0.3 is 9.47 Å². The predicted octanol–water partition coefficient (Wildman–Crippen LogP) is 7.44. The Morgan fingerprint density at radius 2 is 1.75 bits per heavy atom. The molecule has 1 saturated heterocycles. The molecule has 52 heavy (non-hydrogen) atoms. The average molecular weight is 731 g/mol. The molecule has 9 nitrogen and oxygen atoms in total. The van der Waals surface area contributed by atoms with Crippen LogP contribution < -0.4 is 4.90 Å². The second-order valence-electron chi connectivity index (χ2n) is 15.3. The molecule has 0 N–H and O–H groups in total. The van der Waals surface area contributed by atoms with E-state index < -0.39 is 33.1 Å². The van der Waals surface area contributed by atoms with Gasteiger partial charge in [-0.25, -0.2) is 12.4 Å². The third kappa shape index (κ3) is 5.63. The van der Waals surface area contributed by atoms with E-state index in [2.05, 4.69) is 28.9 Å². The van der Waals surface area contributed by atoms with Crippen molar-refractivity contribution in [2.45, 2.75) is 76.0 Å². The van der Waals surface area contributed by atoms with Gasteiger partial charge in [-0.15, -0.1) is 10.2 Å². The Hall–Kier alpha value is -4.49. The highest BCUT2D eigenvalue weighted by molar-refractivity contribution is 7.90. The quantitative estimate of drug-likeness (QED) is 0.173. The Morgan fingerprint density at radius 3 is 2.40 bits per heavy atom. The molecular weight excluding hydrogens is 690 g/mol. The summed E-state index contributed by atoms with van der Waals surface area (Å²) >= 11 is 0. The summed E-state index contributed by atoms with van der Waals surface area (Å²) in [6.45, 7) is 7.75. The Labute approximate surface area is 301 Å². The average Bonchev–Trinajstić information content (AvgIpc) is 3.79. The molecule has 0 radical (unpaired) electrons. The SMILES string of the molecule is Cc1ccc(S(=O)(=O)n2ccc3c(N4Cc5c(cc(CN6CCC[C@H](C)C6)cc5C(F)(F)F)C4=O)cc(C4(c5nncn5C)CC(C)C4)cc32)cc1. The number of carbonyl (C=O) groups is 1. The molecule has 2 aliphatic heterocycles. The number of nitrogens with zero attached hydrogens (tertiary/aromatic N) is 6. The van der Waals surface area contributed by atoms with E-state index in [4.69, 9.17) is 0 Å². The van der Waals surface area contributed by atoms with Gasteiger partial charge in [0.25, 0.3) is 15.9 Å². The molecule has 1 saturated carbocycles. The van der Waals surface area contributed by atoms with Gasteiger partial charge in [-0.2, -0.15) is 13.2 Å². The number of benzene rings is 3. The molecule has 3 aliphatic rings. The first-order valence-corrected chi connectivity index (χ1v) is 19.2. The summed E-state index contributed by atoms with van der Waals surface area (Å²) in [6, 6.07) is 14.7. The van der Waals surface area contributed by atoms with Crippen LogP contribution in [0, 0.1) is 18.8 Å². The summed E-state index contributed by atoms with van der Waals surface area (Å²) in [7, 11) is -2.24. The molecular formula is C39H41F3N6O3S. The first-order valence-electron chi connectivity index (χ1n) is 17.8. The number of anilines is 1. The molecule has 272 valence electrons. The molecule has 1 amide bonds. The zero-order chi connectivity index (χ0) is 36.7. The topological polar surface area (TPSA) is 93.3 Å². The van der Waals surface area contributed by atoms with Crippen LogP contribution >= 0.6 is 0 Å². The van der Waals surface area contributed by atoms with Crippen molar-refractivity contribution in [2.24, 2.45) is 18.9 Å². The normalized spacial score (nSPS) is 22.6. The number of likely N-dealkylation sites (tertiary alicyclic amines) is 1. The smallest absolute Gasteiger partial charge is 0.320 e. The zero-order valence-electron chi connectivity index (χ0n) is 29.6. The maximum Gasteiger partial charge on any atom is 0.416 e. The van der Waals surface area contributed by atoms with Gasteiger partial charge in [0.15, 0.2) is 0 Å². The van der Waals surface area contributed by atoms with E-state index in [0.717, 1.165) is 37.1 Å². The van der Waals surface area contributed by atoms with Crippen LogP contribution in [0.2, 0.25) is 0 Å². The van der Waals surface area contributed by atoms with Gasteiger partial charge in [-0.3, -0.25) is 9.69 Å². The van der Waals surface area contributed by atoms with Crippen molar-refractivity contribution in [3.05, 3.63) is 106 Å². The van der Waals surface area contributed by atoms with Gasteiger partial charge in [-0.05, 0) is 110 Å². The highest BCUT2D eigenvalue weighted by Crippen LogP contribution is 2.53. The van der Waals surface area contributed by atoms with E-state index in [1.54, 1.807) is 42.7 Å². The summed E-state index contributed by atoms with van der Waals surface area (Å²) in [5.74, 6) is 0.925. The van der Waals surface area contributed by atoms with Crippen LogP contribution in [-0.2, 0) is 41.8 Å². The third-order valence-corrected chi connectivity index (χ3v) is 13.0. The van der Waals surface area contributed by atoms with Gasteiger partial charge in [0.2, 0.25) is 0 Å². The van der Waals surface area contributed by atoms with Crippen LogP contribution in [0.1, 0.15) is 83.5 Å². The zero-order valence-corrected chi connectivity index (χ0v) is 30.4. The molecule has 4 heterocycles. The first-order chi connectivity index (χ1) is 24.7. The van der Waals surface area contributed by atoms with E-state index in [9.17, 15) is 26.4 Å². The fourth-order valence-electron chi connectivity index (χ4n) is 8.82. The molecule has 0 bridgehead atoms. The standard InChI is InChI=1S/C39H41F3N6O3S/c1-24-7-9-29(10-8-24)52(50,51)48-13-11-30-34(16-28(17-35(30)48)38(18-26(3)19-38)37-44-43-23-45(37)4)47-22-32-31(36(47)49)14-27(15-33(32)39(40,41)42)21-46-12-5-6-25(2)20-46/h7-11,13-17,23,25-26H,5-6,12,18-22H2,1-4H3/t25-,26?,38?/m0/s1. The largest absolute Gasteiger partial charge is 0.416 e. The van der Waals surface area contributed by atoms with Crippen molar-refractivity contribution in [3.8, 4) is 0 Å². The molecule has 3 aromatic carbocycles. The number of alkyl halides is 3. The Kier molecular flexibility index (Phi) is 8.18. The highest BCUT2D eigenvalue weighted by atomic mass is 32.2. The van der Waals surface area contributed by atoms with Gasteiger partial charge in [0.1, 0.15) is 12.2 Å². The summed E-state index contributed by atoms with van der Waals surface area (Å²) in [5, 5.41) is 9.05. The van der Waals surface area contributed by atoms with E-state index in [0.29, 0.717) is 59.2 Å². The summed E-state index contributed by atoms with van der Waals surface area (Å²) in [5.41, 5.74) is 1.26. The van der Waals surface area contributed by atoms with Gasteiger partial charge >= 0.3 is 6.18 Å². The molecule has 13 heteroatoms. The van der Waals surface area contributed by atoms with Crippen LogP contribution in [0.3, 0.4) is 0 Å². The lowest BCUT2D eigenvalue weighted by atomic mass is 9.58. The number of rotatable bonds is 7. The Bertz CT molecular complexity index is 2320. The molecule has 0 unspecified atom stereocenters. The molecule has 2 aromatic heterocycles. The maximum atomic E-state index is 14.8. The van der Waals surface area contributed by atoms with Crippen molar-refractivity contribution in [3.63, 3.8) is 0 Å². The van der Waals surface area contributed by atoms with E-state index in [1.165, 1.54) is 21.1 Å². The van der Waals surface area contributed by atoms with Crippen LogP contribution in [0.4, 0.5) is 18.9 Å². The van der Waals surface area contributed by atoms with Crippen molar-refractivity contribution in [1.29, 1.82) is 0 Å². The van der Waals surface area contributed by atoms with Gasteiger partial charge in [0, 0.05) is 37.3 Å². The summed E-state index contributed by atoms with van der Waals surface area (Å²) in [6.07, 6.45) is 1.85. The molecule has 8 rings (SSSR count). The number of amides is 1. The lowest BCUT2D eigenvalue weighted by molar-refractivity contribution is -0.138. The highest BCUT2D eigenvalue weighted by Gasteiger charge is 2.49. The third-order valence-electron chi connectivity index (χ3n) is 11.3. The number of halogens is 3. The fourth-order valence-corrected chi connectivity index (χ4v) is 10.2. The van der Waals surface area contributed by atoms with Crippen molar-refractivity contribution in [2.75, 3.05) is 18.0 Å². The number of fused-ring (bicyclic) bond motifs is 2. The lowest BCUT2D eigenvalue weighted by Crippen LogP contribution is -2.43. The van der Waals surface area contributed by atoms with E-state index in [-0.39, 0.29) is 22.6 Å². The van der Waals surface area contributed by atoms with Crippen LogP contribution in [0.25, 0.3) is 10.9 Å². The lowest BCUT2D eigenvalue weighted by Gasteiger charge is -2.46. The van der Waals surface area contributed by atoms with Crippen molar-refractivity contribution in [1.82, 2.24) is 23.6 Å². The van der Waals surface area contributed by atoms with Crippen LogP contribution in [0.5, 0.6) is 0 Å². The fraction of sp³-hybridized carbons (Fsp3) is 0.410. The molecule has 0 spiro atoms. The van der Waals surface area contributed by atoms with E-state index in [1.807, 2.05) is 30.7 Å². The monoisotopic (exact) mass is 730 g/mol. The minimum atomic E-state index is -4.68. The number of aryl methyl sites for hydroxylation is 2. The molecule has 1 aliphatic carbocycles. The number of aromatic nitrogens is 4. The minimum absolute atomic E-state index is 0.0282. The predicted molar refractivity (Wildman–Crippen MR) is 192 cm³/mol. The molecule has 2 fully saturated rings. The number of hydrogen-bond donors (Lipinski definition) is 0. The van der Waals surface area contributed by atoms with Crippen LogP contribution in [0.15, 0.2) is 72.0 Å². The summed E-state index contributed by atoms with van der Waals surface area (Å²) < 4.78 is 75.7. The minimum Gasteiger partial charge on any atom is -0.320 e. The molecule has 5 aromatic rings. The molecule has 1 atom stereocenters. The maximum absolute atomic E-state index is 14.8. The van der Waals surface area contributed by atoms with Crippen LogP contribution in [-0.4, -0.2) is 51.1 Å². The first kappa shape index (κ1) is 34.6. The van der Waals surface area contributed by atoms with Crippen molar-refractivity contribution >= 4 is 32.5 Å². The van der Waals surface area contributed by atoms with Crippen molar-refractivity contribution < 1.29 is 26.4 Å². The van der Waals surface area contributed by atoms with E-state index >= 15 is 0 Å². The second-order valence-corrected chi connectivity index (χ2v) is 17.1. The second kappa shape index (κ2) is 12.3. The summed E-state index contributed by atoms with van der Waals surface area (Å²) in [4.78, 5) is 18.1. The number of piperidine rings is 1.